The molecule has 0 aliphatic carbocycles. The third-order valence-corrected chi connectivity index (χ3v) is 3.55. The van der Waals surface area contributed by atoms with Crippen LogP contribution >= 0.6 is 11.6 Å². The average molecular weight is 315 g/mol. The van der Waals surface area contributed by atoms with Gasteiger partial charge in [0.05, 0.1) is 0 Å². The predicted molar refractivity (Wildman–Crippen MR) is 92.3 cm³/mol. The highest BCUT2D eigenvalue weighted by Crippen LogP contribution is 2.30. The van der Waals surface area contributed by atoms with E-state index in [1.165, 1.54) is 0 Å². The Labute approximate surface area is 134 Å². The van der Waals surface area contributed by atoms with Crippen LogP contribution in [0.25, 0.3) is 22.2 Å². The van der Waals surface area contributed by atoms with E-state index in [1.54, 1.807) is 6.20 Å². The molecule has 0 radical (unpaired) electrons. The summed E-state index contributed by atoms with van der Waals surface area (Å²) in [6.45, 7) is 7.36. The van der Waals surface area contributed by atoms with E-state index in [9.17, 15) is 0 Å². The Balaban J connectivity index is 1.99. The van der Waals surface area contributed by atoms with Crippen LogP contribution in [0.15, 0.2) is 36.7 Å². The van der Waals surface area contributed by atoms with Crippen molar-refractivity contribution in [1.29, 1.82) is 0 Å². The number of nitrogens with one attached hydrogen (secondary N) is 2. The second-order valence-electron chi connectivity index (χ2n) is 6.58. The van der Waals surface area contributed by atoms with Crippen LogP contribution in [0.1, 0.15) is 20.8 Å². The van der Waals surface area contributed by atoms with Gasteiger partial charge in [0.1, 0.15) is 16.6 Å². The molecule has 4 nitrogen and oxygen atoms in total. The van der Waals surface area contributed by atoms with Crippen LogP contribution in [0, 0.1) is 5.41 Å². The largest absolute Gasteiger partial charge is 0.369 e. The van der Waals surface area contributed by atoms with Gasteiger partial charge >= 0.3 is 0 Å². The molecule has 0 bridgehead atoms. The smallest absolute Gasteiger partial charge is 0.137 e. The molecule has 0 fully saturated rings. The first-order valence-electron chi connectivity index (χ1n) is 7.26. The fourth-order valence-electron chi connectivity index (χ4n) is 2.29. The summed E-state index contributed by atoms with van der Waals surface area (Å²) >= 11 is 6.19. The second-order valence-corrected chi connectivity index (χ2v) is 6.97. The molecule has 0 amide bonds. The highest BCUT2D eigenvalue weighted by atomic mass is 35.5. The molecular weight excluding hydrogens is 296 g/mol. The number of halogens is 1. The van der Waals surface area contributed by atoms with Crippen LogP contribution in [0.3, 0.4) is 0 Å². The number of H-pyrrole nitrogens is 1. The zero-order valence-corrected chi connectivity index (χ0v) is 13.7. The summed E-state index contributed by atoms with van der Waals surface area (Å²) in [6.07, 6.45) is 3.73. The maximum absolute atomic E-state index is 6.19. The van der Waals surface area contributed by atoms with Gasteiger partial charge in [-0.15, -0.1) is 0 Å². The quantitative estimate of drug-likeness (QED) is 0.687. The highest BCUT2D eigenvalue weighted by molar-refractivity contribution is 6.29. The number of hydrogen-bond donors (Lipinski definition) is 2. The summed E-state index contributed by atoms with van der Waals surface area (Å²) in [5.74, 6) is 0.788. The van der Waals surface area contributed by atoms with Crippen molar-refractivity contribution in [2.24, 2.45) is 5.41 Å². The zero-order valence-electron chi connectivity index (χ0n) is 12.9. The normalized spacial score (nSPS) is 11.8. The van der Waals surface area contributed by atoms with Crippen LogP contribution in [0.2, 0.25) is 5.15 Å². The fraction of sp³-hybridized carbons (Fsp3) is 0.294. The summed E-state index contributed by atoms with van der Waals surface area (Å²) in [7, 11) is 0. The topological polar surface area (TPSA) is 53.6 Å². The molecule has 0 aliphatic heterocycles. The molecule has 0 saturated carbocycles. The van der Waals surface area contributed by atoms with E-state index in [0.717, 1.165) is 34.5 Å². The SMILES string of the molecule is CC(C)(C)CNc1cc(-c2c[nH]c3ncccc23)cc(Cl)n1. The van der Waals surface area contributed by atoms with Gasteiger partial charge in [0.2, 0.25) is 0 Å². The fourth-order valence-corrected chi connectivity index (χ4v) is 2.50. The van der Waals surface area contributed by atoms with Gasteiger partial charge in [-0.3, -0.25) is 0 Å². The third kappa shape index (κ3) is 3.22. The molecule has 2 N–H and O–H groups in total. The van der Waals surface area contributed by atoms with Crippen LogP contribution in [-0.2, 0) is 0 Å². The van der Waals surface area contributed by atoms with E-state index < -0.39 is 0 Å². The van der Waals surface area contributed by atoms with Crippen molar-refractivity contribution >= 4 is 28.5 Å². The molecule has 3 heterocycles. The van der Waals surface area contributed by atoms with Gasteiger partial charge < -0.3 is 10.3 Å². The average Bonchev–Trinajstić information content (AvgIpc) is 2.88. The second kappa shape index (κ2) is 5.61. The van der Waals surface area contributed by atoms with E-state index in [2.05, 4.69) is 41.0 Å². The Bertz CT molecular complexity index is 802. The maximum Gasteiger partial charge on any atom is 0.137 e. The van der Waals surface area contributed by atoms with Gasteiger partial charge in [0.15, 0.2) is 0 Å². The molecule has 3 aromatic rings. The van der Waals surface area contributed by atoms with Crippen molar-refractivity contribution in [2.45, 2.75) is 20.8 Å². The Hall–Kier alpha value is -2.07. The Morgan fingerprint density at radius 1 is 1.27 bits per heavy atom. The first kappa shape index (κ1) is 14.9. The maximum atomic E-state index is 6.19. The summed E-state index contributed by atoms with van der Waals surface area (Å²) in [6, 6.07) is 7.87. The number of hydrogen-bond acceptors (Lipinski definition) is 3. The number of aromatic nitrogens is 3. The van der Waals surface area contributed by atoms with Crippen LogP contribution in [0.4, 0.5) is 5.82 Å². The first-order valence-corrected chi connectivity index (χ1v) is 7.64. The number of nitrogens with zero attached hydrogens (tertiary/aromatic N) is 2. The van der Waals surface area contributed by atoms with Crippen LogP contribution in [0.5, 0.6) is 0 Å². The van der Waals surface area contributed by atoms with Crippen molar-refractivity contribution in [1.82, 2.24) is 15.0 Å². The predicted octanol–water partition coefficient (Wildman–Crippen LogP) is 4.74. The van der Waals surface area contributed by atoms with Crippen molar-refractivity contribution in [3.63, 3.8) is 0 Å². The summed E-state index contributed by atoms with van der Waals surface area (Å²) in [5.41, 5.74) is 3.14. The molecule has 5 heteroatoms. The molecule has 0 aliphatic rings. The van der Waals surface area contributed by atoms with Gasteiger partial charge in [0, 0.05) is 29.9 Å². The van der Waals surface area contributed by atoms with E-state index in [-0.39, 0.29) is 5.41 Å². The van der Waals surface area contributed by atoms with E-state index in [4.69, 9.17) is 11.6 Å². The molecule has 3 rings (SSSR count). The van der Waals surface area contributed by atoms with Crippen molar-refractivity contribution in [3.05, 3.63) is 41.8 Å². The van der Waals surface area contributed by atoms with Crippen LogP contribution in [-0.4, -0.2) is 21.5 Å². The van der Waals surface area contributed by atoms with Gasteiger partial charge in [-0.2, -0.15) is 0 Å². The molecule has 3 aromatic heterocycles. The molecule has 0 saturated heterocycles. The third-order valence-electron chi connectivity index (χ3n) is 3.36. The summed E-state index contributed by atoms with van der Waals surface area (Å²) in [4.78, 5) is 11.9. The number of fused-ring (bicyclic) bond motifs is 1. The van der Waals surface area contributed by atoms with E-state index >= 15 is 0 Å². The lowest BCUT2D eigenvalue weighted by Gasteiger charge is -2.19. The number of anilines is 1. The van der Waals surface area contributed by atoms with E-state index in [1.807, 2.05) is 30.5 Å². The molecule has 0 unspecified atom stereocenters. The van der Waals surface area contributed by atoms with Gasteiger partial charge in [-0.05, 0) is 35.2 Å². The molecule has 22 heavy (non-hydrogen) atoms. The van der Waals surface area contributed by atoms with Gasteiger partial charge in [-0.25, -0.2) is 9.97 Å². The molecule has 0 atom stereocenters. The monoisotopic (exact) mass is 314 g/mol. The lowest BCUT2D eigenvalue weighted by Crippen LogP contribution is -2.19. The summed E-state index contributed by atoms with van der Waals surface area (Å²) in [5, 5.41) is 4.91. The Morgan fingerprint density at radius 2 is 2.09 bits per heavy atom. The minimum Gasteiger partial charge on any atom is -0.369 e. The van der Waals surface area contributed by atoms with E-state index in [0.29, 0.717) is 5.15 Å². The van der Waals surface area contributed by atoms with Crippen LogP contribution < -0.4 is 5.32 Å². The summed E-state index contributed by atoms with van der Waals surface area (Å²) < 4.78 is 0. The standard InChI is InChI=1S/C17H19ClN4/c1-17(2,3)10-21-15-8-11(7-14(18)22-15)13-9-20-16-12(13)5-4-6-19-16/h4-9H,10H2,1-3H3,(H,19,20)(H,21,22). The van der Waals surface area contributed by atoms with Crippen molar-refractivity contribution < 1.29 is 0 Å². The molecule has 0 spiro atoms. The molecule has 114 valence electrons. The van der Waals surface area contributed by atoms with Gasteiger partial charge in [-0.1, -0.05) is 32.4 Å². The zero-order chi connectivity index (χ0) is 15.7. The minimum absolute atomic E-state index is 0.175. The number of pyridine rings is 2. The van der Waals surface area contributed by atoms with Crippen molar-refractivity contribution in [2.75, 3.05) is 11.9 Å². The highest BCUT2D eigenvalue weighted by Gasteiger charge is 2.12. The minimum atomic E-state index is 0.175. The lowest BCUT2D eigenvalue weighted by atomic mass is 9.97. The number of aromatic amines is 1. The Morgan fingerprint density at radius 3 is 2.86 bits per heavy atom. The lowest BCUT2D eigenvalue weighted by molar-refractivity contribution is 0.442. The first-order chi connectivity index (χ1) is 10.4. The Kier molecular flexibility index (Phi) is 3.79. The molecule has 0 aromatic carbocycles. The van der Waals surface area contributed by atoms with Gasteiger partial charge in [0.25, 0.3) is 0 Å². The van der Waals surface area contributed by atoms with Crippen molar-refractivity contribution in [3.8, 4) is 11.1 Å². The number of rotatable bonds is 3. The molecular formula is C17H19ClN4.